The molecule has 0 saturated carbocycles. The molecule has 0 bridgehead atoms. The molecule has 0 radical (unpaired) electrons. The lowest BCUT2D eigenvalue weighted by atomic mass is 10.2. The quantitative estimate of drug-likeness (QED) is 0.325. The first-order valence-electron chi connectivity index (χ1n) is 11.1. The van der Waals surface area contributed by atoms with E-state index in [4.69, 9.17) is 21.1 Å². The van der Waals surface area contributed by atoms with Gasteiger partial charge in [0, 0.05) is 19.7 Å². The predicted molar refractivity (Wildman–Crippen MR) is 132 cm³/mol. The van der Waals surface area contributed by atoms with Gasteiger partial charge in [-0.1, -0.05) is 67.1 Å². The van der Waals surface area contributed by atoms with Crippen molar-refractivity contribution in [1.82, 2.24) is 15.1 Å². The minimum absolute atomic E-state index is 0.257. The fraction of sp³-hybridized carbons (Fsp3) is 0.185. The first-order valence-corrected chi connectivity index (χ1v) is 11.4. The number of nitrogens with zero attached hydrogens (tertiary/aromatic N) is 2. The number of hydrogen-bond acceptors (Lipinski definition) is 4. The highest BCUT2D eigenvalue weighted by atomic mass is 35.5. The molecule has 0 aliphatic carbocycles. The van der Waals surface area contributed by atoms with Gasteiger partial charge in [0.25, 0.3) is 5.91 Å². The third kappa shape index (κ3) is 5.77. The van der Waals surface area contributed by atoms with Crippen molar-refractivity contribution in [2.45, 2.75) is 26.5 Å². The SMILES string of the molecule is CCc1nn(C)c(C(=O)NCc2ccc(Oc3cccc(OCc4ccccc4)c3)cc2)c1Cl. The van der Waals surface area contributed by atoms with E-state index in [1.807, 2.05) is 85.8 Å². The largest absolute Gasteiger partial charge is 0.489 e. The number of ether oxygens (including phenoxy) is 2. The standard InChI is InChI=1S/C27H26ClN3O3/c1-3-24-25(28)26(31(2)30-24)27(32)29-17-19-12-14-21(15-13-19)34-23-11-7-10-22(16-23)33-18-20-8-5-4-6-9-20/h4-16H,3,17-18H2,1-2H3,(H,29,32). The summed E-state index contributed by atoms with van der Waals surface area (Å²) >= 11 is 6.30. The molecule has 0 unspecified atom stereocenters. The number of halogens is 1. The van der Waals surface area contributed by atoms with Crippen LogP contribution in [0.25, 0.3) is 0 Å². The lowest BCUT2D eigenvalue weighted by molar-refractivity contribution is 0.0941. The Hall–Kier alpha value is -3.77. The molecule has 1 aromatic heterocycles. The first kappa shape index (κ1) is 23.4. The van der Waals surface area contributed by atoms with E-state index in [0.717, 1.165) is 16.9 Å². The molecule has 0 saturated heterocycles. The zero-order chi connectivity index (χ0) is 23.9. The predicted octanol–water partition coefficient (Wildman–Crippen LogP) is 5.94. The summed E-state index contributed by atoms with van der Waals surface area (Å²) in [5, 5.41) is 7.59. The summed E-state index contributed by atoms with van der Waals surface area (Å²) in [5.74, 6) is 1.86. The van der Waals surface area contributed by atoms with Crippen molar-refractivity contribution in [3.63, 3.8) is 0 Å². The fourth-order valence-corrected chi connectivity index (χ4v) is 3.85. The van der Waals surface area contributed by atoms with Crippen molar-refractivity contribution in [3.8, 4) is 17.2 Å². The van der Waals surface area contributed by atoms with Gasteiger partial charge < -0.3 is 14.8 Å². The summed E-state index contributed by atoms with van der Waals surface area (Å²) < 4.78 is 13.4. The van der Waals surface area contributed by atoms with Crippen molar-refractivity contribution < 1.29 is 14.3 Å². The molecular formula is C27H26ClN3O3. The Balaban J connectivity index is 1.32. The van der Waals surface area contributed by atoms with Gasteiger partial charge in [0.2, 0.25) is 0 Å². The second kappa shape index (κ2) is 10.9. The molecule has 34 heavy (non-hydrogen) atoms. The Morgan fingerprint density at radius 3 is 2.38 bits per heavy atom. The molecule has 174 valence electrons. The van der Waals surface area contributed by atoms with Crippen LogP contribution in [0.3, 0.4) is 0 Å². The number of rotatable bonds is 9. The van der Waals surface area contributed by atoms with Gasteiger partial charge in [-0.05, 0) is 41.8 Å². The maximum Gasteiger partial charge on any atom is 0.271 e. The molecule has 0 atom stereocenters. The number of carbonyl (C=O) groups excluding carboxylic acids is 1. The maximum atomic E-state index is 12.6. The molecule has 6 nitrogen and oxygen atoms in total. The van der Waals surface area contributed by atoms with E-state index in [-0.39, 0.29) is 5.91 Å². The van der Waals surface area contributed by atoms with Gasteiger partial charge >= 0.3 is 0 Å². The monoisotopic (exact) mass is 475 g/mol. The van der Waals surface area contributed by atoms with Crippen LogP contribution in [0.4, 0.5) is 0 Å². The molecule has 4 rings (SSSR count). The summed E-state index contributed by atoms with van der Waals surface area (Å²) in [7, 11) is 1.72. The number of benzene rings is 3. The Bertz CT molecular complexity index is 1250. The summed E-state index contributed by atoms with van der Waals surface area (Å²) in [6.45, 7) is 2.81. The van der Waals surface area contributed by atoms with Crippen LogP contribution < -0.4 is 14.8 Å². The van der Waals surface area contributed by atoms with Gasteiger partial charge in [-0.3, -0.25) is 9.48 Å². The van der Waals surface area contributed by atoms with Crippen LogP contribution in [0, 0.1) is 0 Å². The fourth-order valence-electron chi connectivity index (χ4n) is 3.47. The van der Waals surface area contributed by atoms with E-state index >= 15 is 0 Å². The molecule has 1 amide bonds. The Kier molecular flexibility index (Phi) is 7.50. The van der Waals surface area contributed by atoms with Crippen LogP contribution in [0.15, 0.2) is 78.9 Å². The highest BCUT2D eigenvalue weighted by molar-refractivity contribution is 6.34. The zero-order valence-electron chi connectivity index (χ0n) is 19.1. The average molecular weight is 476 g/mol. The van der Waals surface area contributed by atoms with Gasteiger partial charge in [-0.25, -0.2) is 0 Å². The second-order valence-electron chi connectivity index (χ2n) is 7.76. The van der Waals surface area contributed by atoms with E-state index in [0.29, 0.717) is 47.5 Å². The van der Waals surface area contributed by atoms with Gasteiger partial charge in [0.15, 0.2) is 0 Å². The van der Waals surface area contributed by atoms with Crippen LogP contribution in [0.5, 0.6) is 17.2 Å². The summed E-state index contributed by atoms with van der Waals surface area (Å²) in [6, 6.07) is 25.1. The van der Waals surface area contributed by atoms with Crippen molar-refractivity contribution in [1.29, 1.82) is 0 Å². The number of hydrogen-bond donors (Lipinski definition) is 1. The van der Waals surface area contributed by atoms with E-state index < -0.39 is 0 Å². The highest BCUT2D eigenvalue weighted by Crippen LogP contribution is 2.26. The maximum absolute atomic E-state index is 12.6. The molecule has 0 aliphatic heterocycles. The summed E-state index contributed by atoms with van der Waals surface area (Å²) in [6.07, 6.45) is 0.670. The van der Waals surface area contributed by atoms with Gasteiger partial charge in [-0.15, -0.1) is 0 Å². The minimum Gasteiger partial charge on any atom is -0.489 e. The van der Waals surface area contributed by atoms with Crippen molar-refractivity contribution >= 4 is 17.5 Å². The van der Waals surface area contributed by atoms with Crippen molar-refractivity contribution in [3.05, 3.63) is 106 Å². The smallest absolute Gasteiger partial charge is 0.271 e. The zero-order valence-corrected chi connectivity index (χ0v) is 19.9. The van der Waals surface area contributed by atoms with Crippen LogP contribution >= 0.6 is 11.6 Å². The topological polar surface area (TPSA) is 65.4 Å². The van der Waals surface area contributed by atoms with Gasteiger partial charge in [-0.2, -0.15) is 5.10 Å². The van der Waals surface area contributed by atoms with Crippen LogP contribution in [-0.4, -0.2) is 15.7 Å². The molecule has 1 heterocycles. The lowest BCUT2D eigenvalue weighted by Crippen LogP contribution is -2.25. The molecule has 4 aromatic rings. The molecule has 0 aliphatic rings. The van der Waals surface area contributed by atoms with Crippen molar-refractivity contribution in [2.24, 2.45) is 7.05 Å². The molecular weight excluding hydrogens is 450 g/mol. The van der Waals surface area contributed by atoms with Crippen molar-refractivity contribution in [2.75, 3.05) is 0 Å². The molecule has 7 heteroatoms. The molecule has 3 aromatic carbocycles. The first-order chi connectivity index (χ1) is 16.5. The van der Waals surface area contributed by atoms with Gasteiger partial charge in [0.05, 0.1) is 10.7 Å². The number of aryl methyl sites for hydroxylation is 2. The Morgan fingerprint density at radius 1 is 0.941 bits per heavy atom. The number of nitrogens with one attached hydrogen (secondary N) is 1. The lowest BCUT2D eigenvalue weighted by Gasteiger charge is -2.10. The minimum atomic E-state index is -0.257. The number of carbonyl (C=O) groups is 1. The number of aromatic nitrogens is 2. The Morgan fingerprint density at radius 2 is 1.68 bits per heavy atom. The van der Waals surface area contributed by atoms with E-state index in [1.54, 1.807) is 7.05 Å². The molecule has 1 N–H and O–H groups in total. The third-order valence-corrected chi connectivity index (χ3v) is 5.67. The molecule has 0 fully saturated rings. The Labute approximate surface area is 204 Å². The van der Waals surface area contributed by atoms with Gasteiger partial charge in [0.1, 0.15) is 29.5 Å². The normalized spacial score (nSPS) is 10.7. The van der Waals surface area contributed by atoms with Crippen LogP contribution in [0.2, 0.25) is 5.02 Å². The van der Waals surface area contributed by atoms with Crippen LogP contribution in [-0.2, 0) is 26.6 Å². The van der Waals surface area contributed by atoms with Crippen LogP contribution in [0.1, 0.15) is 34.2 Å². The average Bonchev–Trinajstić information content (AvgIpc) is 3.16. The third-order valence-electron chi connectivity index (χ3n) is 5.27. The highest BCUT2D eigenvalue weighted by Gasteiger charge is 2.19. The number of amides is 1. The summed E-state index contributed by atoms with van der Waals surface area (Å²) in [4.78, 5) is 12.6. The van der Waals surface area contributed by atoms with E-state index in [9.17, 15) is 4.79 Å². The summed E-state index contributed by atoms with van der Waals surface area (Å²) in [5.41, 5.74) is 3.13. The van der Waals surface area contributed by atoms with E-state index in [1.165, 1.54) is 4.68 Å². The second-order valence-corrected chi connectivity index (χ2v) is 8.14. The molecule has 0 spiro atoms. The van der Waals surface area contributed by atoms with E-state index in [2.05, 4.69) is 10.4 Å².